The van der Waals surface area contributed by atoms with E-state index >= 15 is 0 Å². The molecule has 3 aromatic carbocycles. The third-order valence-corrected chi connectivity index (χ3v) is 7.95. The Morgan fingerprint density at radius 3 is 2.14 bits per heavy atom. The van der Waals surface area contributed by atoms with Gasteiger partial charge >= 0.3 is 0 Å². The van der Waals surface area contributed by atoms with Crippen molar-refractivity contribution in [3.63, 3.8) is 0 Å². The van der Waals surface area contributed by atoms with E-state index in [4.69, 9.17) is 4.74 Å². The number of ether oxygens (including phenoxy) is 1. The molecule has 0 saturated heterocycles. The zero-order chi connectivity index (χ0) is 20.4. The normalized spacial score (nSPS) is 16.3. The van der Waals surface area contributed by atoms with Gasteiger partial charge in [0.15, 0.2) is 9.84 Å². The summed E-state index contributed by atoms with van der Waals surface area (Å²) in [6.45, 7) is 1.71. The van der Waals surface area contributed by atoms with E-state index in [1.807, 2.05) is 54.6 Å². The number of sulfone groups is 1. The smallest absolute Gasteiger partial charge is 0.185 e. The van der Waals surface area contributed by atoms with Gasteiger partial charge in [-0.25, -0.2) is 8.42 Å². The lowest BCUT2D eigenvalue weighted by molar-refractivity contribution is 0.468. The van der Waals surface area contributed by atoms with Crippen LogP contribution in [0.4, 0.5) is 0 Å². The van der Waals surface area contributed by atoms with Gasteiger partial charge in [0.25, 0.3) is 0 Å². The molecule has 1 heterocycles. The van der Waals surface area contributed by atoms with Crippen LogP contribution < -0.4 is 4.74 Å². The lowest BCUT2D eigenvalue weighted by atomic mass is 9.92. The Morgan fingerprint density at radius 1 is 0.862 bits per heavy atom. The number of para-hydroxylation sites is 1. The molecule has 146 valence electrons. The topological polar surface area (TPSA) is 43.4 Å². The zero-order valence-electron chi connectivity index (χ0n) is 15.7. The van der Waals surface area contributed by atoms with Crippen molar-refractivity contribution >= 4 is 35.8 Å². The predicted octanol–water partition coefficient (Wildman–Crippen LogP) is 6.09. The van der Waals surface area contributed by atoms with Crippen LogP contribution in [-0.4, -0.2) is 13.7 Å². The van der Waals surface area contributed by atoms with Crippen molar-refractivity contribution in [2.24, 2.45) is 0 Å². The molecule has 1 aliphatic rings. The summed E-state index contributed by atoms with van der Waals surface area (Å²) in [7, 11) is -3.59. The lowest BCUT2D eigenvalue weighted by Crippen LogP contribution is -2.23. The first kappa shape index (κ1) is 19.7. The fraction of sp³-hybridized carbons (Fsp3) is 0.0833. The Morgan fingerprint density at radius 2 is 1.45 bits per heavy atom. The average molecular weight is 467 g/mol. The highest BCUT2D eigenvalue weighted by Gasteiger charge is 2.33. The third kappa shape index (κ3) is 3.68. The van der Waals surface area contributed by atoms with Gasteiger partial charge in [-0.1, -0.05) is 66.7 Å². The maximum atomic E-state index is 13.3. The minimum Gasteiger partial charge on any atom is -0.464 e. The number of allylic oxidation sites excluding steroid dienone is 1. The molecule has 0 radical (unpaired) electrons. The predicted molar refractivity (Wildman–Crippen MR) is 120 cm³/mol. The molecule has 1 unspecified atom stereocenters. The van der Waals surface area contributed by atoms with E-state index in [2.05, 4.69) is 15.9 Å². The third-order valence-electron chi connectivity index (χ3n) is 4.98. The number of halogens is 1. The van der Waals surface area contributed by atoms with Gasteiger partial charge in [-0.2, -0.15) is 0 Å². The zero-order valence-corrected chi connectivity index (χ0v) is 18.2. The molecular weight excluding hydrogens is 448 g/mol. The van der Waals surface area contributed by atoms with E-state index in [-0.39, 0.29) is 0 Å². The number of fused-ring (bicyclic) bond motifs is 1. The summed E-state index contributed by atoms with van der Waals surface area (Å²) in [5.74, 6) is 0.698. The molecule has 4 rings (SSSR count). The highest BCUT2D eigenvalue weighted by Crippen LogP contribution is 2.45. The Kier molecular flexibility index (Phi) is 5.43. The lowest BCUT2D eigenvalue weighted by Gasteiger charge is -2.26. The molecular formula is C24H19BrO3S. The summed E-state index contributed by atoms with van der Waals surface area (Å²) < 4.78 is 33.3. The minimum atomic E-state index is -3.59. The second-order valence-corrected chi connectivity index (χ2v) is 9.80. The average Bonchev–Trinajstić information content (AvgIpc) is 2.78. The maximum Gasteiger partial charge on any atom is 0.185 e. The molecule has 0 fully saturated rings. The van der Waals surface area contributed by atoms with Gasteiger partial charge in [-0.15, -0.1) is 0 Å². The molecule has 3 nitrogen and oxygen atoms in total. The van der Waals surface area contributed by atoms with Crippen molar-refractivity contribution in [3.8, 4) is 5.75 Å². The Balaban J connectivity index is 1.90. The van der Waals surface area contributed by atoms with Crippen molar-refractivity contribution in [2.45, 2.75) is 17.1 Å². The fourth-order valence-electron chi connectivity index (χ4n) is 3.37. The SMILES string of the molecule is CC(C1=COc2ccccc2/C1=C(\Br)c1ccccc1)S(=O)(=O)c1ccccc1. The molecule has 3 aromatic rings. The summed E-state index contributed by atoms with van der Waals surface area (Å²) in [5.41, 5.74) is 3.26. The van der Waals surface area contributed by atoms with Gasteiger partial charge in [0, 0.05) is 21.2 Å². The largest absolute Gasteiger partial charge is 0.464 e. The van der Waals surface area contributed by atoms with E-state index in [1.165, 1.54) is 0 Å². The summed E-state index contributed by atoms with van der Waals surface area (Å²) >= 11 is 3.74. The van der Waals surface area contributed by atoms with Gasteiger partial charge in [-0.05, 0) is 46.6 Å². The second-order valence-electron chi connectivity index (χ2n) is 6.74. The highest BCUT2D eigenvalue weighted by molar-refractivity contribution is 9.15. The van der Waals surface area contributed by atoms with E-state index in [1.54, 1.807) is 43.5 Å². The van der Waals surface area contributed by atoms with Gasteiger partial charge in [0.1, 0.15) is 5.75 Å². The molecule has 0 amide bonds. The van der Waals surface area contributed by atoms with Crippen LogP contribution in [0.2, 0.25) is 0 Å². The Hall–Kier alpha value is -2.63. The fourth-order valence-corrected chi connectivity index (χ4v) is 5.53. The number of rotatable bonds is 4. The minimum absolute atomic E-state index is 0.294. The molecule has 0 N–H and O–H groups in total. The number of hydrogen-bond donors (Lipinski definition) is 0. The van der Waals surface area contributed by atoms with E-state index < -0.39 is 15.1 Å². The number of benzene rings is 3. The maximum absolute atomic E-state index is 13.3. The van der Waals surface area contributed by atoms with Crippen LogP contribution >= 0.6 is 15.9 Å². The first-order valence-corrected chi connectivity index (χ1v) is 11.5. The van der Waals surface area contributed by atoms with Gasteiger partial charge in [0.2, 0.25) is 0 Å². The first-order valence-electron chi connectivity index (χ1n) is 9.21. The van der Waals surface area contributed by atoms with Crippen molar-refractivity contribution in [1.29, 1.82) is 0 Å². The molecule has 1 aliphatic heterocycles. The van der Waals surface area contributed by atoms with Crippen molar-refractivity contribution in [2.75, 3.05) is 0 Å². The molecule has 0 spiro atoms. The van der Waals surface area contributed by atoms with Crippen LogP contribution in [-0.2, 0) is 9.84 Å². The summed E-state index contributed by atoms with van der Waals surface area (Å²) in [5, 5.41) is -0.787. The standard InChI is InChI=1S/C24H19BrO3S/c1-17(29(26,27)19-12-6-3-7-13-19)21-16-28-22-15-9-8-14-20(22)23(21)24(25)18-10-4-2-5-11-18/h2-17H,1H3/b24-23+. The van der Waals surface area contributed by atoms with Crippen LogP contribution in [0.1, 0.15) is 18.1 Å². The van der Waals surface area contributed by atoms with E-state index in [0.717, 1.165) is 21.2 Å². The number of hydrogen-bond acceptors (Lipinski definition) is 3. The quantitative estimate of drug-likeness (QED) is 0.467. The van der Waals surface area contributed by atoms with Crippen molar-refractivity contribution in [1.82, 2.24) is 0 Å². The molecule has 29 heavy (non-hydrogen) atoms. The highest BCUT2D eigenvalue weighted by atomic mass is 79.9. The Bertz CT molecular complexity index is 1200. The second kappa shape index (κ2) is 8.01. The van der Waals surface area contributed by atoms with Crippen molar-refractivity contribution in [3.05, 3.63) is 108 Å². The summed E-state index contributed by atoms with van der Waals surface area (Å²) in [4.78, 5) is 0.294. The monoisotopic (exact) mass is 466 g/mol. The molecule has 0 aliphatic carbocycles. The molecule has 5 heteroatoms. The van der Waals surface area contributed by atoms with Crippen molar-refractivity contribution < 1.29 is 13.2 Å². The van der Waals surface area contributed by atoms with Gasteiger partial charge in [0.05, 0.1) is 16.4 Å². The van der Waals surface area contributed by atoms with E-state index in [9.17, 15) is 8.42 Å². The van der Waals surface area contributed by atoms with Crippen LogP contribution in [0.3, 0.4) is 0 Å². The molecule has 0 bridgehead atoms. The molecule has 0 saturated carbocycles. The van der Waals surface area contributed by atoms with E-state index in [0.29, 0.717) is 16.2 Å². The van der Waals surface area contributed by atoms with Crippen LogP contribution in [0.25, 0.3) is 10.1 Å². The van der Waals surface area contributed by atoms with Crippen LogP contribution in [0.5, 0.6) is 5.75 Å². The first-order chi connectivity index (χ1) is 14.0. The molecule has 0 aromatic heterocycles. The summed E-state index contributed by atoms with van der Waals surface area (Å²) in [6, 6.07) is 26.0. The van der Waals surface area contributed by atoms with Gasteiger partial charge in [-0.3, -0.25) is 0 Å². The van der Waals surface area contributed by atoms with Gasteiger partial charge < -0.3 is 4.74 Å². The van der Waals surface area contributed by atoms with Crippen LogP contribution in [0.15, 0.2) is 102 Å². The summed E-state index contributed by atoms with van der Waals surface area (Å²) in [6.07, 6.45) is 1.56. The van der Waals surface area contributed by atoms with Crippen LogP contribution in [0, 0.1) is 0 Å². The molecule has 1 atom stereocenters. The Labute approximate surface area is 179 Å².